The van der Waals surface area contributed by atoms with E-state index in [1.165, 1.54) is 31.5 Å². The van der Waals surface area contributed by atoms with Crippen LogP contribution in [0.2, 0.25) is 5.02 Å². The lowest BCUT2D eigenvalue weighted by Crippen LogP contribution is -2.35. The topological polar surface area (TPSA) is 85.0 Å². The quantitative estimate of drug-likeness (QED) is 0.185. The number of nitrogens with zero attached hydrogens (tertiary/aromatic N) is 2. The van der Waals surface area contributed by atoms with Gasteiger partial charge in [0, 0.05) is 35.1 Å². The highest BCUT2D eigenvalue weighted by Crippen LogP contribution is 2.43. The molecule has 4 aromatic rings. The minimum Gasteiger partial charge on any atom is -0.493 e. The van der Waals surface area contributed by atoms with Gasteiger partial charge in [-0.25, -0.2) is 9.18 Å². The molecule has 1 aliphatic rings. The van der Waals surface area contributed by atoms with Gasteiger partial charge in [0.05, 0.1) is 28.8 Å². The number of nitrogens with one attached hydrogen (secondary N) is 2. The van der Waals surface area contributed by atoms with E-state index in [1.54, 1.807) is 18.2 Å². The number of pyridine rings is 1. The summed E-state index contributed by atoms with van der Waals surface area (Å²) < 4.78 is 71.9. The molecule has 0 saturated heterocycles. The van der Waals surface area contributed by atoms with Crippen LogP contribution in [0.5, 0.6) is 23.0 Å². The Hall–Kier alpha value is -4.29. The van der Waals surface area contributed by atoms with E-state index in [0.29, 0.717) is 40.8 Å². The van der Waals surface area contributed by atoms with E-state index in [-0.39, 0.29) is 22.7 Å². The number of likely N-dealkylation sites (N-methyl/N-ethyl adjacent to an activating group) is 1. The van der Waals surface area contributed by atoms with E-state index >= 15 is 4.39 Å². The van der Waals surface area contributed by atoms with Gasteiger partial charge in [-0.1, -0.05) is 11.6 Å². The van der Waals surface area contributed by atoms with Crippen LogP contribution in [0.3, 0.4) is 0 Å². The third-order valence-corrected chi connectivity index (χ3v) is 7.53. The van der Waals surface area contributed by atoms with Crippen molar-refractivity contribution in [2.45, 2.75) is 24.6 Å². The van der Waals surface area contributed by atoms with Crippen LogP contribution in [0.1, 0.15) is 18.4 Å². The van der Waals surface area contributed by atoms with Crippen LogP contribution in [0, 0.1) is 5.82 Å². The van der Waals surface area contributed by atoms with Crippen molar-refractivity contribution in [1.82, 2.24) is 9.88 Å². The summed E-state index contributed by atoms with van der Waals surface area (Å²) in [6, 6.07) is 10.8. The Balaban J connectivity index is 1.29. The molecule has 1 saturated carbocycles. The number of methoxy groups -OCH3 is 1. The second kappa shape index (κ2) is 11.8. The van der Waals surface area contributed by atoms with Gasteiger partial charge < -0.3 is 29.7 Å². The summed E-state index contributed by atoms with van der Waals surface area (Å²) in [7, 11) is 5.56. The molecule has 3 aromatic carbocycles. The SMILES string of the molecule is COc1cc2c(Oc3ccc(NC(=O)Nc4ccc(Cl)c(C(F)(F)F)c4)cc3F)ccnc2cc1OCC1(N(C)C)CC1. The number of hydrogen-bond donors (Lipinski definition) is 2. The molecule has 0 unspecified atom stereocenters. The average molecular weight is 619 g/mol. The summed E-state index contributed by atoms with van der Waals surface area (Å²) in [6.45, 7) is 0.496. The first-order valence-electron chi connectivity index (χ1n) is 13.1. The monoisotopic (exact) mass is 618 g/mol. The van der Waals surface area contributed by atoms with E-state index < -0.39 is 28.6 Å². The van der Waals surface area contributed by atoms with Gasteiger partial charge in [-0.3, -0.25) is 4.98 Å². The van der Waals surface area contributed by atoms with Crippen molar-refractivity contribution < 1.29 is 36.6 Å². The minimum atomic E-state index is -4.70. The summed E-state index contributed by atoms with van der Waals surface area (Å²) in [5, 5.41) is 4.70. The molecule has 0 bridgehead atoms. The highest BCUT2D eigenvalue weighted by atomic mass is 35.5. The molecule has 13 heteroatoms. The molecule has 0 radical (unpaired) electrons. The molecule has 1 heterocycles. The van der Waals surface area contributed by atoms with Crippen LogP contribution in [-0.4, -0.2) is 49.3 Å². The number of urea groups is 1. The van der Waals surface area contributed by atoms with Crippen LogP contribution in [0.15, 0.2) is 60.8 Å². The maximum atomic E-state index is 15.0. The van der Waals surface area contributed by atoms with Gasteiger partial charge >= 0.3 is 12.2 Å². The molecular weight excluding hydrogens is 592 g/mol. The molecule has 0 aliphatic heterocycles. The van der Waals surface area contributed by atoms with Gasteiger partial charge in [-0.15, -0.1) is 0 Å². The van der Waals surface area contributed by atoms with Gasteiger partial charge in [0.25, 0.3) is 0 Å². The number of ether oxygens (including phenoxy) is 3. The molecule has 1 aromatic heterocycles. The van der Waals surface area contributed by atoms with Crippen LogP contribution < -0.4 is 24.8 Å². The molecule has 0 spiro atoms. The van der Waals surface area contributed by atoms with Crippen LogP contribution >= 0.6 is 11.6 Å². The van der Waals surface area contributed by atoms with Crippen LogP contribution in [0.4, 0.5) is 33.7 Å². The lowest BCUT2D eigenvalue weighted by atomic mass is 10.1. The summed E-state index contributed by atoms with van der Waals surface area (Å²) in [6.07, 6.45) is -1.09. The Labute approximate surface area is 249 Å². The van der Waals surface area contributed by atoms with Gasteiger partial charge in [-0.05, 0) is 69.4 Å². The number of halogens is 5. The number of aromatic nitrogens is 1. The zero-order chi connectivity index (χ0) is 30.9. The van der Waals surface area contributed by atoms with Gasteiger partial charge in [0.15, 0.2) is 23.1 Å². The first-order chi connectivity index (χ1) is 20.4. The third-order valence-electron chi connectivity index (χ3n) is 7.20. The lowest BCUT2D eigenvalue weighted by molar-refractivity contribution is -0.137. The molecule has 1 fully saturated rings. The van der Waals surface area contributed by atoms with Crippen molar-refractivity contribution in [3.05, 3.63) is 77.2 Å². The van der Waals surface area contributed by atoms with E-state index in [4.69, 9.17) is 25.8 Å². The Morgan fingerprint density at radius 1 is 0.977 bits per heavy atom. The molecule has 1 aliphatic carbocycles. The molecule has 0 atom stereocenters. The summed E-state index contributed by atoms with van der Waals surface area (Å²) in [5.41, 5.74) is -0.645. The summed E-state index contributed by atoms with van der Waals surface area (Å²) >= 11 is 5.61. The fraction of sp³-hybridized carbons (Fsp3) is 0.267. The van der Waals surface area contributed by atoms with E-state index in [1.807, 2.05) is 14.1 Å². The van der Waals surface area contributed by atoms with Crippen molar-refractivity contribution in [1.29, 1.82) is 0 Å². The van der Waals surface area contributed by atoms with Crippen molar-refractivity contribution in [2.24, 2.45) is 0 Å². The van der Waals surface area contributed by atoms with Gasteiger partial charge in [-0.2, -0.15) is 13.2 Å². The second-order valence-electron chi connectivity index (χ2n) is 10.3. The molecule has 226 valence electrons. The second-order valence-corrected chi connectivity index (χ2v) is 10.7. The number of fused-ring (bicyclic) bond motifs is 1. The number of carbonyl (C=O) groups excluding carboxylic acids is 1. The van der Waals surface area contributed by atoms with Crippen molar-refractivity contribution >= 4 is 39.9 Å². The zero-order valence-corrected chi connectivity index (χ0v) is 24.1. The van der Waals surface area contributed by atoms with Crippen LogP contribution in [-0.2, 0) is 6.18 Å². The number of amides is 2. The normalized spacial score (nSPS) is 14.0. The number of rotatable bonds is 9. The Bertz CT molecular complexity index is 1680. The van der Waals surface area contributed by atoms with Crippen molar-refractivity contribution in [3.63, 3.8) is 0 Å². The number of hydrogen-bond acceptors (Lipinski definition) is 6. The fourth-order valence-corrected chi connectivity index (χ4v) is 4.68. The Morgan fingerprint density at radius 3 is 2.30 bits per heavy atom. The molecular formula is C30H27ClF4N4O4. The maximum absolute atomic E-state index is 15.0. The Kier molecular flexibility index (Phi) is 8.26. The largest absolute Gasteiger partial charge is 0.493 e. The smallest absolute Gasteiger partial charge is 0.417 e. The van der Waals surface area contributed by atoms with E-state index in [0.717, 1.165) is 25.0 Å². The molecule has 2 amide bonds. The Morgan fingerprint density at radius 2 is 1.67 bits per heavy atom. The third kappa shape index (κ3) is 6.70. The standard InChI is InChI=1S/C30H27ClF4N4O4/c1-39(2)29(9-10-29)16-42-27-15-23-19(14-26(27)41-3)24(8-11-36-23)43-25-7-5-18(13-22(25)32)38-28(40)37-17-4-6-21(31)20(12-17)30(33,34)35/h4-8,11-15H,9-10,16H2,1-3H3,(H2,37,38,40). The fourth-order valence-electron chi connectivity index (χ4n) is 4.46. The highest BCUT2D eigenvalue weighted by molar-refractivity contribution is 6.31. The van der Waals surface area contributed by atoms with E-state index in [9.17, 15) is 18.0 Å². The lowest BCUT2D eigenvalue weighted by Gasteiger charge is -2.24. The first-order valence-corrected chi connectivity index (χ1v) is 13.5. The number of anilines is 2. The maximum Gasteiger partial charge on any atom is 0.417 e. The highest BCUT2D eigenvalue weighted by Gasteiger charge is 2.45. The molecule has 5 rings (SSSR count). The number of benzene rings is 3. The van der Waals surface area contributed by atoms with Crippen molar-refractivity contribution in [2.75, 3.05) is 38.4 Å². The number of alkyl halides is 3. The molecule has 43 heavy (non-hydrogen) atoms. The van der Waals surface area contributed by atoms with Gasteiger partial charge in [0.1, 0.15) is 12.4 Å². The summed E-state index contributed by atoms with van der Waals surface area (Å²) in [5.74, 6) is 0.378. The van der Waals surface area contributed by atoms with Gasteiger partial charge in [0.2, 0.25) is 0 Å². The minimum absolute atomic E-state index is 0.00404. The summed E-state index contributed by atoms with van der Waals surface area (Å²) in [4.78, 5) is 18.9. The first kappa shape index (κ1) is 30.2. The predicted octanol–water partition coefficient (Wildman–Crippen LogP) is 7.96. The van der Waals surface area contributed by atoms with Crippen LogP contribution in [0.25, 0.3) is 10.9 Å². The zero-order valence-electron chi connectivity index (χ0n) is 23.3. The average Bonchev–Trinajstić information content (AvgIpc) is 3.75. The predicted molar refractivity (Wildman–Crippen MR) is 155 cm³/mol. The number of carbonyl (C=O) groups is 1. The molecule has 8 nitrogen and oxygen atoms in total. The molecule has 2 N–H and O–H groups in total. The van der Waals surface area contributed by atoms with Crippen molar-refractivity contribution in [3.8, 4) is 23.0 Å². The van der Waals surface area contributed by atoms with E-state index in [2.05, 4.69) is 20.5 Å².